The summed E-state index contributed by atoms with van der Waals surface area (Å²) in [5.74, 6) is 0.953. The number of thioether (sulfide) groups is 1. The third kappa shape index (κ3) is 3.13. The van der Waals surface area contributed by atoms with Crippen molar-refractivity contribution < 1.29 is 13.6 Å². The van der Waals surface area contributed by atoms with Gasteiger partial charge >= 0.3 is 0 Å². The van der Waals surface area contributed by atoms with Crippen molar-refractivity contribution in [2.75, 3.05) is 5.75 Å². The van der Waals surface area contributed by atoms with Crippen LogP contribution in [-0.4, -0.2) is 26.3 Å². The van der Waals surface area contributed by atoms with E-state index in [4.69, 9.17) is 4.42 Å². The van der Waals surface area contributed by atoms with Crippen molar-refractivity contribution in [3.8, 4) is 11.6 Å². The summed E-state index contributed by atoms with van der Waals surface area (Å²) in [6, 6.07) is 15.2. The summed E-state index contributed by atoms with van der Waals surface area (Å²) < 4.78 is 20.6. The molecule has 0 radical (unpaired) electrons. The van der Waals surface area contributed by atoms with Gasteiger partial charge in [-0.05, 0) is 36.4 Å². The Morgan fingerprint density at radius 1 is 1.15 bits per heavy atom. The van der Waals surface area contributed by atoms with Crippen molar-refractivity contribution in [1.82, 2.24) is 14.8 Å². The number of ketones is 1. The highest BCUT2D eigenvalue weighted by Crippen LogP contribution is 2.28. The van der Waals surface area contributed by atoms with Crippen molar-refractivity contribution in [2.24, 2.45) is 7.05 Å². The minimum absolute atomic E-state index is 0.0942. The summed E-state index contributed by atoms with van der Waals surface area (Å²) in [6.07, 6.45) is 0. The average molecular weight is 367 g/mol. The number of carbonyl (C=O) groups excluding carboxylic acids is 1. The number of Topliss-reactive ketones (excluding diaryl/α,β-unsaturated/α-hetero) is 1. The summed E-state index contributed by atoms with van der Waals surface area (Å²) in [7, 11) is 1.83. The number of halogens is 1. The number of aromatic nitrogens is 3. The lowest BCUT2D eigenvalue weighted by Crippen LogP contribution is -2.04. The molecule has 0 N–H and O–H groups in total. The Hall–Kier alpha value is -2.93. The van der Waals surface area contributed by atoms with Crippen LogP contribution in [0.25, 0.3) is 22.6 Å². The molecule has 0 unspecified atom stereocenters. The van der Waals surface area contributed by atoms with E-state index < -0.39 is 0 Å². The molecule has 0 spiro atoms. The number of rotatable bonds is 5. The maximum atomic E-state index is 12.9. The van der Waals surface area contributed by atoms with E-state index in [9.17, 15) is 9.18 Å². The third-order valence-electron chi connectivity index (χ3n) is 3.98. The first-order chi connectivity index (χ1) is 12.6. The fraction of sp³-hybridized carbons (Fsp3) is 0.105. The number of hydrogen-bond acceptors (Lipinski definition) is 5. The lowest BCUT2D eigenvalue weighted by atomic mass is 10.1. The van der Waals surface area contributed by atoms with Gasteiger partial charge in [0.25, 0.3) is 0 Å². The van der Waals surface area contributed by atoms with E-state index in [2.05, 4.69) is 10.2 Å². The summed E-state index contributed by atoms with van der Waals surface area (Å²) in [6.45, 7) is 0. The molecule has 2 heterocycles. The fourth-order valence-corrected chi connectivity index (χ4v) is 3.40. The number of nitrogens with zero attached hydrogens (tertiary/aromatic N) is 3. The van der Waals surface area contributed by atoms with Gasteiger partial charge in [-0.15, -0.1) is 10.2 Å². The highest BCUT2D eigenvalue weighted by Gasteiger charge is 2.16. The van der Waals surface area contributed by atoms with Gasteiger partial charge in [0, 0.05) is 18.0 Å². The van der Waals surface area contributed by atoms with Crippen LogP contribution in [0.4, 0.5) is 4.39 Å². The highest BCUT2D eigenvalue weighted by atomic mass is 32.2. The van der Waals surface area contributed by atoms with E-state index in [1.807, 2.05) is 37.4 Å². The standard InChI is InChI=1S/C19H14FN3O2S/c1-23-18(17-10-13-4-2-3-5-16(13)25-17)21-22-19(23)26-11-15(24)12-6-8-14(20)9-7-12/h2-10H,11H2,1H3. The zero-order chi connectivity index (χ0) is 18.1. The van der Waals surface area contributed by atoms with Crippen LogP contribution in [0.1, 0.15) is 10.4 Å². The van der Waals surface area contributed by atoms with Crippen LogP contribution in [0.2, 0.25) is 0 Å². The van der Waals surface area contributed by atoms with Gasteiger partial charge in [-0.1, -0.05) is 30.0 Å². The first-order valence-corrected chi connectivity index (χ1v) is 8.90. The zero-order valence-electron chi connectivity index (χ0n) is 13.8. The molecule has 130 valence electrons. The lowest BCUT2D eigenvalue weighted by Gasteiger charge is -2.02. The predicted molar refractivity (Wildman–Crippen MR) is 97.7 cm³/mol. The van der Waals surface area contributed by atoms with Crippen molar-refractivity contribution in [1.29, 1.82) is 0 Å². The molecule has 2 aromatic carbocycles. The number of furan rings is 1. The van der Waals surface area contributed by atoms with Gasteiger partial charge < -0.3 is 8.98 Å². The van der Waals surface area contributed by atoms with Gasteiger partial charge in [-0.3, -0.25) is 4.79 Å². The van der Waals surface area contributed by atoms with Crippen molar-refractivity contribution in [2.45, 2.75) is 5.16 Å². The lowest BCUT2D eigenvalue weighted by molar-refractivity contribution is 0.102. The van der Waals surface area contributed by atoms with E-state index in [1.165, 1.54) is 36.0 Å². The van der Waals surface area contributed by atoms with E-state index >= 15 is 0 Å². The van der Waals surface area contributed by atoms with Gasteiger partial charge in [-0.2, -0.15) is 0 Å². The van der Waals surface area contributed by atoms with Crippen LogP contribution >= 0.6 is 11.8 Å². The molecule has 0 atom stereocenters. The maximum Gasteiger partial charge on any atom is 0.200 e. The van der Waals surface area contributed by atoms with E-state index in [-0.39, 0.29) is 17.4 Å². The second-order valence-electron chi connectivity index (χ2n) is 5.73. The van der Waals surface area contributed by atoms with E-state index in [0.29, 0.717) is 22.3 Å². The summed E-state index contributed by atoms with van der Waals surface area (Å²) >= 11 is 1.28. The quantitative estimate of drug-likeness (QED) is 0.388. The molecule has 0 amide bonds. The van der Waals surface area contributed by atoms with Gasteiger partial charge in [0.15, 0.2) is 22.5 Å². The Balaban J connectivity index is 1.52. The molecule has 0 fully saturated rings. The molecule has 0 aliphatic carbocycles. The van der Waals surface area contributed by atoms with Crippen LogP contribution in [0.5, 0.6) is 0 Å². The van der Waals surface area contributed by atoms with Crippen LogP contribution < -0.4 is 0 Å². The van der Waals surface area contributed by atoms with Crippen LogP contribution in [0.15, 0.2) is 64.2 Å². The fourth-order valence-electron chi connectivity index (χ4n) is 2.60. The second kappa shape index (κ2) is 6.76. The molecule has 0 saturated heterocycles. The average Bonchev–Trinajstić information content (AvgIpc) is 3.23. The first-order valence-electron chi connectivity index (χ1n) is 7.92. The Morgan fingerprint density at radius 2 is 1.92 bits per heavy atom. The minimum atomic E-state index is -0.363. The molecule has 4 aromatic rings. The third-order valence-corrected chi connectivity index (χ3v) is 5.00. The van der Waals surface area contributed by atoms with Crippen LogP contribution in [0, 0.1) is 5.82 Å². The van der Waals surface area contributed by atoms with Crippen LogP contribution in [-0.2, 0) is 7.05 Å². The molecular weight excluding hydrogens is 353 g/mol. The summed E-state index contributed by atoms with van der Waals surface area (Å²) in [4.78, 5) is 12.2. The van der Waals surface area contributed by atoms with Gasteiger partial charge in [-0.25, -0.2) is 4.39 Å². The Morgan fingerprint density at radius 3 is 2.69 bits per heavy atom. The number of benzene rings is 2. The predicted octanol–water partition coefficient (Wildman–Crippen LogP) is 4.34. The van der Waals surface area contributed by atoms with E-state index in [1.54, 1.807) is 4.57 Å². The Bertz CT molecular complexity index is 1050. The van der Waals surface area contributed by atoms with Gasteiger partial charge in [0.05, 0.1) is 5.75 Å². The Kier molecular flexibility index (Phi) is 4.30. The topological polar surface area (TPSA) is 60.9 Å². The monoisotopic (exact) mass is 367 g/mol. The molecular formula is C19H14FN3O2S. The van der Waals surface area contributed by atoms with Crippen molar-refractivity contribution >= 4 is 28.5 Å². The van der Waals surface area contributed by atoms with Crippen molar-refractivity contribution in [3.05, 3.63) is 66.0 Å². The second-order valence-corrected chi connectivity index (χ2v) is 6.67. The number of para-hydroxylation sites is 1. The molecule has 2 aromatic heterocycles. The SMILES string of the molecule is Cn1c(SCC(=O)c2ccc(F)cc2)nnc1-c1cc2ccccc2o1. The normalized spacial score (nSPS) is 11.2. The maximum absolute atomic E-state index is 12.9. The minimum Gasteiger partial charge on any atom is -0.453 e. The molecule has 0 bridgehead atoms. The van der Waals surface area contributed by atoms with Gasteiger partial charge in [0.1, 0.15) is 11.4 Å². The summed E-state index contributed by atoms with van der Waals surface area (Å²) in [5.41, 5.74) is 1.25. The largest absolute Gasteiger partial charge is 0.453 e. The molecule has 7 heteroatoms. The smallest absolute Gasteiger partial charge is 0.200 e. The van der Waals surface area contributed by atoms with Crippen molar-refractivity contribution in [3.63, 3.8) is 0 Å². The number of carbonyl (C=O) groups is 1. The van der Waals surface area contributed by atoms with Crippen LogP contribution in [0.3, 0.4) is 0 Å². The molecule has 26 heavy (non-hydrogen) atoms. The highest BCUT2D eigenvalue weighted by molar-refractivity contribution is 7.99. The summed E-state index contributed by atoms with van der Waals surface area (Å²) in [5, 5.41) is 9.93. The molecule has 0 saturated carbocycles. The zero-order valence-corrected chi connectivity index (χ0v) is 14.7. The number of hydrogen-bond donors (Lipinski definition) is 0. The first kappa shape index (κ1) is 16.5. The molecule has 4 rings (SSSR count). The van der Waals surface area contributed by atoms with E-state index in [0.717, 1.165) is 11.0 Å². The van der Waals surface area contributed by atoms with Gasteiger partial charge in [0.2, 0.25) is 0 Å². The Labute approximate surface area is 152 Å². The molecule has 0 aliphatic rings. The number of fused-ring (bicyclic) bond motifs is 1. The molecule has 5 nitrogen and oxygen atoms in total. The molecule has 0 aliphatic heterocycles.